The fourth-order valence-electron chi connectivity index (χ4n) is 4.42. The SMILES string of the molecule is Cc1cc(Nc2cnc(NC(=O)N[C@H]3CCCC[C@H]3Cc3ccccc3)cc2C=N)ccn1.[HH].[HH]. The van der Waals surface area contributed by atoms with Gasteiger partial charge in [0.25, 0.3) is 0 Å². The van der Waals surface area contributed by atoms with Gasteiger partial charge in [-0.05, 0) is 55.9 Å². The van der Waals surface area contributed by atoms with Gasteiger partial charge in [0.05, 0.1) is 11.9 Å². The summed E-state index contributed by atoms with van der Waals surface area (Å²) in [6.45, 7) is 1.92. The Morgan fingerprint density at radius 3 is 2.76 bits per heavy atom. The van der Waals surface area contributed by atoms with Crippen LogP contribution in [-0.2, 0) is 6.42 Å². The van der Waals surface area contributed by atoms with Gasteiger partial charge < -0.3 is 16.0 Å². The van der Waals surface area contributed by atoms with Crippen molar-refractivity contribution in [2.75, 3.05) is 10.6 Å². The van der Waals surface area contributed by atoms with Gasteiger partial charge in [-0.3, -0.25) is 10.3 Å². The van der Waals surface area contributed by atoms with E-state index in [4.69, 9.17) is 5.41 Å². The molecule has 0 bridgehead atoms. The number of hydrogen-bond acceptors (Lipinski definition) is 5. The first kappa shape index (κ1) is 22.5. The Morgan fingerprint density at radius 2 is 1.97 bits per heavy atom. The molecule has 1 aliphatic rings. The van der Waals surface area contributed by atoms with Crippen molar-refractivity contribution in [1.82, 2.24) is 15.3 Å². The predicted octanol–water partition coefficient (Wildman–Crippen LogP) is 5.94. The van der Waals surface area contributed by atoms with Gasteiger partial charge in [0.1, 0.15) is 5.82 Å². The number of pyridine rings is 2. The van der Waals surface area contributed by atoms with E-state index >= 15 is 0 Å². The number of aryl methyl sites for hydroxylation is 1. The molecule has 2 heterocycles. The van der Waals surface area contributed by atoms with Gasteiger partial charge in [0, 0.05) is 38.3 Å². The van der Waals surface area contributed by atoms with Crippen molar-refractivity contribution in [1.29, 1.82) is 5.41 Å². The van der Waals surface area contributed by atoms with E-state index in [9.17, 15) is 4.79 Å². The minimum absolute atomic E-state index is 0. The zero-order chi connectivity index (χ0) is 23.0. The molecule has 3 aromatic rings. The third-order valence-corrected chi connectivity index (χ3v) is 6.08. The average molecular weight is 447 g/mol. The van der Waals surface area contributed by atoms with Gasteiger partial charge in [-0.1, -0.05) is 43.2 Å². The average Bonchev–Trinajstić information content (AvgIpc) is 2.82. The second-order valence-corrected chi connectivity index (χ2v) is 8.55. The third kappa shape index (κ3) is 6.16. The zero-order valence-corrected chi connectivity index (χ0v) is 18.8. The van der Waals surface area contributed by atoms with E-state index in [1.807, 2.05) is 25.1 Å². The fraction of sp³-hybridized carbons (Fsp3) is 0.308. The lowest BCUT2D eigenvalue weighted by molar-refractivity contribution is 0.227. The van der Waals surface area contributed by atoms with Crippen molar-refractivity contribution in [3.05, 3.63) is 77.7 Å². The molecule has 2 amide bonds. The molecule has 7 nitrogen and oxygen atoms in total. The Morgan fingerprint density at radius 1 is 1.15 bits per heavy atom. The van der Waals surface area contributed by atoms with Crippen LogP contribution < -0.4 is 16.0 Å². The van der Waals surface area contributed by atoms with Crippen molar-refractivity contribution in [2.24, 2.45) is 5.92 Å². The van der Waals surface area contributed by atoms with Gasteiger partial charge in [-0.2, -0.15) is 0 Å². The summed E-state index contributed by atoms with van der Waals surface area (Å²) in [4.78, 5) is 21.3. The number of nitrogens with one attached hydrogen (secondary N) is 4. The van der Waals surface area contributed by atoms with E-state index in [2.05, 4.69) is 50.2 Å². The number of carbonyl (C=O) groups is 1. The first-order chi connectivity index (χ1) is 16.1. The number of aromatic nitrogens is 2. The summed E-state index contributed by atoms with van der Waals surface area (Å²) in [5.41, 5.74) is 4.40. The zero-order valence-electron chi connectivity index (χ0n) is 18.8. The van der Waals surface area contributed by atoms with Gasteiger partial charge in [0.2, 0.25) is 0 Å². The summed E-state index contributed by atoms with van der Waals surface area (Å²) >= 11 is 0. The standard InChI is InChI=1S/C26H30N6O.2H2/c1-18-13-22(11-12-28-18)30-24-17-29-25(15-21(24)16-27)32-26(33)31-23-10-6-5-9-20(23)14-19-7-3-2-4-8-19;;/h2-4,7-8,11-13,15-17,20,23,27H,5-6,9-10,14H2,1H3,(H,28,30)(H2,29,31,32,33);2*1H/t20-,23-;;/m0../s1. The fourth-order valence-corrected chi connectivity index (χ4v) is 4.42. The van der Waals surface area contributed by atoms with Gasteiger partial charge in [-0.25, -0.2) is 9.78 Å². The van der Waals surface area contributed by atoms with Crippen molar-refractivity contribution in [3.63, 3.8) is 0 Å². The maximum absolute atomic E-state index is 12.7. The van der Waals surface area contributed by atoms with Crippen molar-refractivity contribution >= 4 is 29.4 Å². The van der Waals surface area contributed by atoms with Crippen LogP contribution in [0, 0.1) is 18.3 Å². The van der Waals surface area contributed by atoms with Crippen molar-refractivity contribution in [2.45, 2.75) is 45.1 Å². The Labute approximate surface area is 197 Å². The molecule has 0 saturated heterocycles. The number of amides is 2. The van der Waals surface area contributed by atoms with E-state index in [0.717, 1.165) is 37.1 Å². The van der Waals surface area contributed by atoms with Crippen LogP contribution in [0.25, 0.3) is 0 Å². The van der Waals surface area contributed by atoms with Crippen LogP contribution >= 0.6 is 0 Å². The van der Waals surface area contributed by atoms with Crippen LogP contribution in [0.4, 0.5) is 22.0 Å². The molecule has 2 atom stereocenters. The largest absolute Gasteiger partial charge is 0.354 e. The molecular weight excluding hydrogens is 412 g/mol. The lowest BCUT2D eigenvalue weighted by Gasteiger charge is -2.32. The van der Waals surface area contributed by atoms with Crippen LogP contribution in [0.15, 0.2) is 60.9 Å². The molecule has 0 unspecified atom stereocenters. The molecule has 33 heavy (non-hydrogen) atoms. The normalized spacial score (nSPS) is 17.7. The topological polar surface area (TPSA) is 103 Å². The minimum Gasteiger partial charge on any atom is -0.354 e. The summed E-state index contributed by atoms with van der Waals surface area (Å²) in [5, 5.41) is 17.0. The molecule has 2 aromatic heterocycles. The van der Waals surface area contributed by atoms with E-state index in [1.165, 1.54) is 18.2 Å². The molecule has 0 aliphatic heterocycles. The Bertz CT molecular complexity index is 1110. The molecule has 7 heteroatoms. The quantitative estimate of drug-likeness (QED) is 0.337. The van der Waals surface area contributed by atoms with Crippen LogP contribution in [-0.4, -0.2) is 28.3 Å². The lowest BCUT2D eigenvalue weighted by atomic mass is 9.81. The number of carbonyl (C=O) groups excluding carboxylic acids is 1. The Balaban J connectivity index is 0.00000216. The first-order valence-corrected chi connectivity index (χ1v) is 11.4. The third-order valence-electron chi connectivity index (χ3n) is 6.08. The summed E-state index contributed by atoms with van der Waals surface area (Å²) in [5.74, 6) is 0.838. The molecular formula is C26H34N6O. The molecule has 1 fully saturated rings. The molecule has 1 aliphatic carbocycles. The number of nitrogens with zero attached hydrogens (tertiary/aromatic N) is 2. The Hall–Kier alpha value is -3.74. The number of urea groups is 1. The monoisotopic (exact) mass is 446 g/mol. The molecule has 4 N–H and O–H groups in total. The molecule has 1 saturated carbocycles. The van der Waals surface area contributed by atoms with E-state index in [0.29, 0.717) is 23.0 Å². The van der Waals surface area contributed by atoms with Gasteiger partial charge in [-0.15, -0.1) is 0 Å². The number of anilines is 3. The summed E-state index contributed by atoms with van der Waals surface area (Å²) in [6.07, 6.45) is 10.0. The van der Waals surface area contributed by atoms with E-state index in [1.54, 1.807) is 18.5 Å². The summed E-state index contributed by atoms with van der Waals surface area (Å²) < 4.78 is 0. The van der Waals surface area contributed by atoms with Gasteiger partial charge >= 0.3 is 6.03 Å². The maximum atomic E-state index is 12.7. The smallest absolute Gasteiger partial charge is 0.320 e. The highest BCUT2D eigenvalue weighted by Gasteiger charge is 2.26. The molecule has 174 valence electrons. The summed E-state index contributed by atoms with van der Waals surface area (Å²) in [7, 11) is 0. The highest BCUT2D eigenvalue weighted by atomic mass is 16.2. The van der Waals surface area contributed by atoms with Crippen LogP contribution in [0.5, 0.6) is 0 Å². The lowest BCUT2D eigenvalue weighted by Crippen LogP contribution is -2.44. The number of benzene rings is 1. The highest BCUT2D eigenvalue weighted by Crippen LogP contribution is 2.28. The Kier molecular flexibility index (Phi) is 7.29. The van der Waals surface area contributed by atoms with Gasteiger partial charge in [0.15, 0.2) is 0 Å². The van der Waals surface area contributed by atoms with Crippen molar-refractivity contribution < 1.29 is 7.65 Å². The van der Waals surface area contributed by atoms with Crippen molar-refractivity contribution in [3.8, 4) is 0 Å². The second-order valence-electron chi connectivity index (χ2n) is 8.55. The molecule has 0 spiro atoms. The molecule has 1 aromatic carbocycles. The van der Waals surface area contributed by atoms with E-state index < -0.39 is 0 Å². The maximum Gasteiger partial charge on any atom is 0.320 e. The number of rotatable bonds is 7. The molecule has 0 radical (unpaired) electrons. The first-order valence-electron chi connectivity index (χ1n) is 11.4. The second kappa shape index (κ2) is 10.7. The highest BCUT2D eigenvalue weighted by molar-refractivity contribution is 5.92. The molecule has 4 rings (SSSR count). The van der Waals surface area contributed by atoms with Crippen LogP contribution in [0.2, 0.25) is 0 Å². The van der Waals surface area contributed by atoms with Crippen LogP contribution in [0.1, 0.15) is 45.4 Å². The van der Waals surface area contributed by atoms with E-state index in [-0.39, 0.29) is 14.9 Å². The summed E-state index contributed by atoms with van der Waals surface area (Å²) in [6, 6.07) is 15.8. The minimum atomic E-state index is -0.256. The van der Waals surface area contributed by atoms with Crippen LogP contribution in [0.3, 0.4) is 0 Å². The number of hydrogen-bond donors (Lipinski definition) is 4. The predicted molar refractivity (Wildman–Crippen MR) is 137 cm³/mol.